The quantitative estimate of drug-likeness (QED) is 0.735. The van der Waals surface area contributed by atoms with Gasteiger partial charge in [0.1, 0.15) is 11.3 Å². The summed E-state index contributed by atoms with van der Waals surface area (Å²) >= 11 is 0. The third-order valence-electron chi connectivity index (χ3n) is 3.31. The maximum atomic E-state index is 12.1. The zero-order valence-corrected chi connectivity index (χ0v) is 12.4. The number of phenolic OH excluding ortho intramolecular Hbond substituents is 1. The Balaban J connectivity index is 2.16. The fraction of sp³-hybridized carbons (Fsp3) is 0.0625. The van der Waals surface area contributed by atoms with Gasteiger partial charge < -0.3 is 9.52 Å². The molecule has 0 aliphatic rings. The molecule has 3 rings (SSSR count). The molecule has 1 aromatic heterocycles. The highest BCUT2D eigenvalue weighted by Crippen LogP contribution is 2.24. The van der Waals surface area contributed by atoms with Gasteiger partial charge in [-0.25, -0.2) is 13.2 Å². The summed E-state index contributed by atoms with van der Waals surface area (Å²) < 4.78 is 28.1. The average Bonchev–Trinajstić information content (AvgIpc) is 2.45. The summed E-state index contributed by atoms with van der Waals surface area (Å²) in [5.74, 6) is 0.0147. The second-order valence-electron chi connectivity index (χ2n) is 4.97. The summed E-state index contributed by atoms with van der Waals surface area (Å²) in [5, 5.41) is 10.1. The third-order valence-corrected chi connectivity index (χ3v) is 4.44. The Bertz CT molecular complexity index is 1010. The van der Waals surface area contributed by atoms with Gasteiger partial charge in [-0.05, 0) is 35.9 Å². The summed E-state index contributed by atoms with van der Waals surface area (Å²) in [6, 6.07) is 12.2. The number of benzene rings is 2. The van der Waals surface area contributed by atoms with Crippen LogP contribution in [0.2, 0.25) is 0 Å². The molecule has 3 aromatic rings. The lowest BCUT2D eigenvalue weighted by Crippen LogP contribution is -2.03. The highest BCUT2D eigenvalue weighted by Gasteiger charge is 2.11. The highest BCUT2D eigenvalue weighted by molar-refractivity contribution is 7.90. The van der Waals surface area contributed by atoms with E-state index >= 15 is 0 Å². The summed E-state index contributed by atoms with van der Waals surface area (Å²) in [7, 11) is -3.28. The van der Waals surface area contributed by atoms with Crippen molar-refractivity contribution in [2.75, 3.05) is 6.26 Å². The van der Waals surface area contributed by atoms with Crippen LogP contribution in [0.4, 0.5) is 0 Å². The van der Waals surface area contributed by atoms with Gasteiger partial charge in [-0.15, -0.1) is 0 Å². The van der Waals surface area contributed by atoms with E-state index in [1.807, 2.05) is 0 Å². The summed E-state index contributed by atoms with van der Waals surface area (Å²) in [6.45, 7) is 0. The molecule has 0 unspecified atom stereocenters. The monoisotopic (exact) mass is 316 g/mol. The van der Waals surface area contributed by atoms with Crippen LogP contribution in [0.1, 0.15) is 0 Å². The molecule has 1 heterocycles. The zero-order chi connectivity index (χ0) is 15.9. The lowest BCUT2D eigenvalue weighted by Gasteiger charge is -2.04. The maximum Gasteiger partial charge on any atom is 0.344 e. The molecule has 0 spiro atoms. The number of sulfone groups is 1. The van der Waals surface area contributed by atoms with E-state index in [0.29, 0.717) is 22.1 Å². The first-order chi connectivity index (χ1) is 10.3. The Kier molecular flexibility index (Phi) is 3.26. The Morgan fingerprint density at radius 3 is 2.32 bits per heavy atom. The Labute approximate surface area is 126 Å². The largest absolute Gasteiger partial charge is 0.508 e. The van der Waals surface area contributed by atoms with Crippen LogP contribution in [0, 0.1) is 0 Å². The number of phenols is 1. The molecule has 2 aromatic carbocycles. The molecule has 112 valence electrons. The van der Waals surface area contributed by atoms with Crippen molar-refractivity contribution in [2.45, 2.75) is 4.90 Å². The Morgan fingerprint density at radius 2 is 1.68 bits per heavy atom. The molecule has 0 aliphatic heterocycles. The van der Waals surface area contributed by atoms with E-state index in [2.05, 4.69) is 0 Å². The van der Waals surface area contributed by atoms with Gasteiger partial charge in [0.15, 0.2) is 9.84 Å². The minimum Gasteiger partial charge on any atom is -0.508 e. The van der Waals surface area contributed by atoms with Gasteiger partial charge in [-0.2, -0.15) is 0 Å². The van der Waals surface area contributed by atoms with E-state index in [0.717, 1.165) is 6.26 Å². The van der Waals surface area contributed by atoms with Crippen LogP contribution in [0.3, 0.4) is 0 Å². The van der Waals surface area contributed by atoms with Gasteiger partial charge in [0.2, 0.25) is 0 Å². The van der Waals surface area contributed by atoms with Gasteiger partial charge in [-0.3, -0.25) is 0 Å². The van der Waals surface area contributed by atoms with Crippen molar-refractivity contribution >= 4 is 20.8 Å². The summed E-state index contributed by atoms with van der Waals surface area (Å²) in [5.41, 5.74) is 0.640. The standard InChI is InChI=1S/C16H12O5S/c1-22(19,20)13-6-3-10(4-7-13)14-8-11-2-5-12(17)9-15(11)21-16(14)18/h2-9,17H,1H3. The van der Waals surface area contributed by atoms with Gasteiger partial charge in [0.05, 0.1) is 10.5 Å². The molecule has 0 saturated heterocycles. The van der Waals surface area contributed by atoms with Gasteiger partial charge in [-0.1, -0.05) is 12.1 Å². The molecule has 0 aliphatic carbocycles. The van der Waals surface area contributed by atoms with Crippen molar-refractivity contribution in [1.82, 2.24) is 0 Å². The lowest BCUT2D eigenvalue weighted by atomic mass is 10.1. The van der Waals surface area contributed by atoms with Gasteiger partial charge in [0.25, 0.3) is 0 Å². The first kappa shape index (κ1) is 14.3. The fourth-order valence-electron chi connectivity index (χ4n) is 2.18. The number of rotatable bonds is 2. The third kappa shape index (κ3) is 2.60. The van der Waals surface area contributed by atoms with E-state index in [1.54, 1.807) is 24.3 Å². The van der Waals surface area contributed by atoms with E-state index in [-0.39, 0.29) is 10.6 Å². The molecule has 22 heavy (non-hydrogen) atoms. The van der Waals surface area contributed by atoms with E-state index in [1.165, 1.54) is 24.3 Å². The number of hydrogen-bond donors (Lipinski definition) is 1. The number of fused-ring (bicyclic) bond motifs is 1. The van der Waals surface area contributed by atoms with Crippen molar-refractivity contribution in [1.29, 1.82) is 0 Å². The number of hydrogen-bond acceptors (Lipinski definition) is 5. The number of aromatic hydroxyl groups is 1. The maximum absolute atomic E-state index is 12.1. The van der Waals surface area contributed by atoms with Crippen molar-refractivity contribution in [3.05, 3.63) is 59.0 Å². The molecule has 0 fully saturated rings. The van der Waals surface area contributed by atoms with Gasteiger partial charge >= 0.3 is 5.63 Å². The van der Waals surface area contributed by atoms with E-state index in [9.17, 15) is 18.3 Å². The van der Waals surface area contributed by atoms with Crippen molar-refractivity contribution < 1.29 is 17.9 Å². The second-order valence-corrected chi connectivity index (χ2v) is 6.98. The van der Waals surface area contributed by atoms with Crippen LogP contribution in [-0.4, -0.2) is 19.8 Å². The molecule has 0 atom stereocenters. The Morgan fingerprint density at radius 1 is 1.00 bits per heavy atom. The molecule has 1 N–H and O–H groups in total. The van der Waals surface area contributed by atoms with Crippen molar-refractivity contribution in [3.63, 3.8) is 0 Å². The highest BCUT2D eigenvalue weighted by atomic mass is 32.2. The van der Waals surface area contributed by atoms with Crippen LogP contribution >= 0.6 is 0 Å². The molecular formula is C16H12O5S. The van der Waals surface area contributed by atoms with Crippen LogP contribution < -0.4 is 5.63 Å². The zero-order valence-electron chi connectivity index (χ0n) is 11.6. The normalized spacial score (nSPS) is 11.7. The molecule has 0 amide bonds. The smallest absolute Gasteiger partial charge is 0.344 e. The predicted molar refractivity (Wildman–Crippen MR) is 82.7 cm³/mol. The van der Waals surface area contributed by atoms with Gasteiger partial charge in [0, 0.05) is 17.7 Å². The van der Waals surface area contributed by atoms with Crippen molar-refractivity contribution in [2.24, 2.45) is 0 Å². The van der Waals surface area contributed by atoms with Crippen LogP contribution in [-0.2, 0) is 9.84 Å². The van der Waals surface area contributed by atoms with Crippen LogP contribution in [0.25, 0.3) is 22.1 Å². The summed E-state index contributed by atoms with van der Waals surface area (Å²) in [6.07, 6.45) is 1.12. The minimum absolute atomic E-state index is 0.0147. The van der Waals surface area contributed by atoms with Crippen LogP contribution in [0.15, 0.2) is 62.6 Å². The molecule has 0 bridgehead atoms. The lowest BCUT2D eigenvalue weighted by molar-refractivity contribution is 0.473. The van der Waals surface area contributed by atoms with Crippen molar-refractivity contribution in [3.8, 4) is 16.9 Å². The average molecular weight is 316 g/mol. The fourth-order valence-corrected chi connectivity index (χ4v) is 2.81. The molecule has 5 nitrogen and oxygen atoms in total. The first-order valence-electron chi connectivity index (χ1n) is 6.42. The second kappa shape index (κ2) is 4.99. The van der Waals surface area contributed by atoms with E-state index in [4.69, 9.17) is 4.42 Å². The topological polar surface area (TPSA) is 84.6 Å². The van der Waals surface area contributed by atoms with E-state index < -0.39 is 15.5 Å². The molecule has 0 radical (unpaired) electrons. The SMILES string of the molecule is CS(=O)(=O)c1ccc(-c2cc3ccc(O)cc3oc2=O)cc1. The van der Waals surface area contributed by atoms with Crippen LogP contribution in [0.5, 0.6) is 5.75 Å². The molecule has 0 saturated carbocycles. The molecule has 6 heteroatoms. The first-order valence-corrected chi connectivity index (χ1v) is 8.31. The molecular weight excluding hydrogens is 304 g/mol. The minimum atomic E-state index is -3.28. The predicted octanol–water partition coefficient (Wildman–Crippen LogP) is 2.57. The summed E-state index contributed by atoms with van der Waals surface area (Å²) in [4.78, 5) is 12.2. The Hall–Kier alpha value is -2.60.